The third-order valence-corrected chi connectivity index (χ3v) is 2.20. The number of aromatic nitrogens is 2. The normalized spacial score (nSPS) is 15.2. The molecule has 1 aliphatic rings. The number of hydrogen-bond acceptors (Lipinski definition) is 1. The molecule has 12 heavy (non-hydrogen) atoms. The highest BCUT2D eigenvalue weighted by Crippen LogP contribution is 2.25. The van der Waals surface area contributed by atoms with Gasteiger partial charge in [-0.2, -0.15) is 0 Å². The monoisotopic (exact) mass is 162 g/mol. The van der Waals surface area contributed by atoms with Crippen LogP contribution < -0.4 is 0 Å². The SMILES string of the molecule is CC(C)(C)c1cnc2n1C=CC2. The molecule has 0 bridgehead atoms. The minimum Gasteiger partial charge on any atom is -0.307 e. The Labute approximate surface area is 72.9 Å². The van der Waals surface area contributed by atoms with E-state index in [-0.39, 0.29) is 5.41 Å². The summed E-state index contributed by atoms with van der Waals surface area (Å²) in [6.45, 7) is 6.64. The van der Waals surface area contributed by atoms with E-state index in [0.717, 1.165) is 6.42 Å². The first-order valence-corrected chi connectivity index (χ1v) is 4.32. The molecule has 2 heteroatoms. The van der Waals surface area contributed by atoms with Gasteiger partial charge in [-0.05, 0) is 0 Å². The van der Waals surface area contributed by atoms with Gasteiger partial charge in [0.05, 0.1) is 0 Å². The van der Waals surface area contributed by atoms with Crippen LogP contribution in [0.3, 0.4) is 0 Å². The van der Waals surface area contributed by atoms with Crippen molar-refractivity contribution in [1.82, 2.24) is 9.55 Å². The Morgan fingerprint density at radius 1 is 1.42 bits per heavy atom. The summed E-state index contributed by atoms with van der Waals surface area (Å²) >= 11 is 0. The van der Waals surface area contributed by atoms with Crippen LogP contribution in [0.5, 0.6) is 0 Å². The lowest BCUT2D eigenvalue weighted by Crippen LogP contribution is -2.15. The third-order valence-electron chi connectivity index (χ3n) is 2.20. The van der Waals surface area contributed by atoms with Crippen molar-refractivity contribution in [3.05, 3.63) is 23.8 Å². The molecule has 0 aliphatic carbocycles. The lowest BCUT2D eigenvalue weighted by Gasteiger charge is -2.18. The first kappa shape index (κ1) is 7.59. The van der Waals surface area contributed by atoms with E-state index in [1.165, 1.54) is 11.5 Å². The quantitative estimate of drug-likeness (QED) is 0.572. The molecule has 0 amide bonds. The molecule has 2 rings (SSSR count). The zero-order valence-electron chi connectivity index (χ0n) is 7.83. The summed E-state index contributed by atoms with van der Waals surface area (Å²) in [4.78, 5) is 4.36. The zero-order valence-corrected chi connectivity index (χ0v) is 7.83. The minimum absolute atomic E-state index is 0.194. The molecule has 0 aromatic carbocycles. The Morgan fingerprint density at radius 2 is 2.17 bits per heavy atom. The average Bonchev–Trinajstić information content (AvgIpc) is 2.37. The van der Waals surface area contributed by atoms with Crippen molar-refractivity contribution in [2.24, 2.45) is 0 Å². The lowest BCUT2D eigenvalue weighted by atomic mass is 9.93. The topological polar surface area (TPSA) is 17.8 Å². The van der Waals surface area contributed by atoms with E-state index in [4.69, 9.17) is 0 Å². The number of rotatable bonds is 0. The highest BCUT2D eigenvalue weighted by molar-refractivity contribution is 5.38. The minimum atomic E-state index is 0.194. The van der Waals surface area contributed by atoms with E-state index < -0.39 is 0 Å². The van der Waals surface area contributed by atoms with Gasteiger partial charge >= 0.3 is 0 Å². The van der Waals surface area contributed by atoms with Gasteiger partial charge < -0.3 is 4.57 Å². The van der Waals surface area contributed by atoms with E-state index in [2.05, 4.69) is 42.6 Å². The van der Waals surface area contributed by atoms with Crippen LogP contribution in [0.25, 0.3) is 6.20 Å². The van der Waals surface area contributed by atoms with Crippen molar-refractivity contribution < 1.29 is 0 Å². The second-order valence-corrected chi connectivity index (χ2v) is 4.27. The first-order chi connectivity index (χ1) is 5.59. The Balaban J connectivity index is 2.53. The van der Waals surface area contributed by atoms with Crippen LogP contribution in [0, 0.1) is 0 Å². The largest absolute Gasteiger partial charge is 0.307 e. The molecule has 0 N–H and O–H groups in total. The fourth-order valence-electron chi connectivity index (χ4n) is 1.54. The third kappa shape index (κ3) is 0.986. The van der Waals surface area contributed by atoms with Crippen LogP contribution in [0.4, 0.5) is 0 Å². The zero-order chi connectivity index (χ0) is 8.77. The highest BCUT2D eigenvalue weighted by atomic mass is 15.1. The molecular weight excluding hydrogens is 148 g/mol. The van der Waals surface area contributed by atoms with Crippen molar-refractivity contribution >= 4 is 6.20 Å². The Morgan fingerprint density at radius 3 is 2.83 bits per heavy atom. The summed E-state index contributed by atoms with van der Waals surface area (Å²) in [5, 5.41) is 0. The number of fused-ring (bicyclic) bond motifs is 1. The van der Waals surface area contributed by atoms with E-state index >= 15 is 0 Å². The van der Waals surface area contributed by atoms with Crippen LogP contribution in [0.1, 0.15) is 32.3 Å². The maximum absolute atomic E-state index is 4.36. The number of nitrogens with zero attached hydrogens (tertiary/aromatic N) is 2. The van der Waals surface area contributed by atoms with Crippen molar-refractivity contribution in [2.75, 3.05) is 0 Å². The molecular formula is C10H14N2. The predicted octanol–water partition coefficient (Wildman–Crippen LogP) is 2.21. The maximum atomic E-state index is 4.36. The summed E-state index contributed by atoms with van der Waals surface area (Å²) < 4.78 is 2.19. The predicted molar refractivity (Wildman–Crippen MR) is 50.0 cm³/mol. The van der Waals surface area contributed by atoms with Crippen LogP contribution in [0.15, 0.2) is 12.3 Å². The molecule has 0 atom stereocenters. The van der Waals surface area contributed by atoms with E-state index in [9.17, 15) is 0 Å². The molecule has 64 valence electrons. The summed E-state index contributed by atoms with van der Waals surface area (Å²) in [6, 6.07) is 0. The van der Waals surface area contributed by atoms with Crippen LogP contribution in [-0.4, -0.2) is 9.55 Å². The fourth-order valence-corrected chi connectivity index (χ4v) is 1.54. The molecule has 0 radical (unpaired) electrons. The molecule has 1 aromatic heterocycles. The molecule has 0 saturated heterocycles. The number of imidazole rings is 1. The smallest absolute Gasteiger partial charge is 0.116 e. The Kier molecular flexibility index (Phi) is 1.40. The van der Waals surface area contributed by atoms with E-state index in [1.54, 1.807) is 0 Å². The van der Waals surface area contributed by atoms with Gasteiger partial charge in [0.15, 0.2) is 0 Å². The van der Waals surface area contributed by atoms with Gasteiger partial charge in [-0.3, -0.25) is 0 Å². The van der Waals surface area contributed by atoms with Gasteiger partial charge in [0.25, 0.3) is 0 Å². The van der Waals surface area contributed by atoms with Gasteiger partial charge in [-0.15, -0.1) is 0 Å². The van der Waals surface area contributed by atoms with E-state index in [0.29, 0.717) is 0 Å². The standard InChI is InChI=1S/C10H14N2/c1-10(2,3)8-7-11-9-5-4-6-12(8)9/h4,6-7H,5H2,1-3H3. The second-order valence-electron chi connectivity index (χ2n) is 4.27. The Bertz CT molecular complexity index is 326. The van der Waals surface area contributed by atoms with Crippen molar-refractivity contribution in [2.45, 2.75) is 32.6 Å². The van der Waals surface area contributed by atoms with Crippen LogP contribution in [-0.2, 0) is 11.8 Å². The molecule has 0 fully saturated rings. The second kappa shape index (κ2) is 2.22. The van der Waals surface area contributed by atoms with Gasteiger partial charge in [-0.1, -0.05) is 26.8 Å². The first-order valence-electron chi connectivity index (χ1n) is 4.32. The fraction of sp³-hybridized carbons (Fsp3) is 0.500. The lowest BCUT2D eigenvalue weighted by molar-refractivity contribution is 0.560. The average molecular weight is 162 g/mol. The highest BCUT2D eigenvalue weighted by Gasteiger charge is 2.21. The van der Waals surface area contributed by atoms with Gasteiger partial charge in [0, 0.05) is 29.9 Å². The summed E-state index contributed by atoms with van der Waals surface area (Å²) in [5.74, 6) is 1.17. The summed E-state index contributed by atoms with van der Waals surface area (Å²) in [5.41, 5.74) is 1.49. The molecule has 1 aromatic rings. The van der Waals surface area contributed by atoms with Gasteiger partial charge in [0.2, 0.25) is 0 Å². The van der Waals surface area contributed by atoms with Crippen molar-refractivity contribution in [3.8, 4) is 0 Å². The van der Waals surface area contributed by atoms with E-state index in [1.807, 2.05) is 6.20 Å². The summed E-state index contributed by atoms with van der Waals surface area (Å²) in [6.07, 6.45) is 7.23. The molecule has 0 unspecified atom stereocenters. The number of allylic oxidation sites excluding steroid dienone is 1. The van der Waals surface area contributed by atoms with Gasteiger partial charge in [0.1, 0.15) is 5.82 Å². The maximum Gasteiger partial charge on any atom is 0.116 e. The van der Waals surface area contributed by atoms with Crippen LogP contribution >= 0.6 is 0 Å². The molecule has 2 nitrogen and oxygen atoms in total. The van der Waals surface area contributed by atoms with Crippen molar-refractivity contribution in [3.63, 3.8) is 0 Å². The molecule has 0 saturated carbocycles. The molecule has 0 spiro atoms. The van der Waals surface area contributed by atoms with Gasteiger partial charge in [-0.25, -0.2) is 4.98 Å². The number of hydrogen-bond donors (Lipinski definition) is 0. The molecule has 1 aliphatic heterocycles. The van der Waals surface area contributed by atoms with Crippen LogP contribution in [0.2, 0.25) is 0 Å². The van der Waals surface area contributed by atoms with Crippen molar-refractivity contribution in [1.29, 1.82) is 0 Å². The summed E-state index contributed by atoms with van der Waals surface area (Å²) in [7, 11) is 0. The Hall–Kier alpha value is -1.05. The molecule has 2 heterocycles.